The van der Waals surface area contributed by atoms with Crippen molar-refractivity contribution in [3.8, 4) is 0 Å². The predicted octanol–water partition coefficient (Wildman–Crippen LogP) is 2.80. The molecule has 1 aliphatic carbocycles. The van der Waals surface area contributed by atoms with E-state index in [9.17, 15) is 4.79 Å². The molecule has 3 nitrogen and oxygen atoms in total. The highest BCUT2D eigenvalue weighted by Crippen LogP contribution is 2.49. The van der Waals surface area contributed by atoms with Gasteiger partial charge >= 0.3 is 0 Å². The average Bonchev–Trinajstić information content (AvgIpc) is 2.77. The molecule has 0 aromatic rings. The number of carbonyl (C=O) groups excluding carboxylic acids is 1. The van der Waals surface area contributed by atoms with Crippen LogP contribution in [0.3, 0.4) is 0 Å². The summed E-state index contributed by atoms with van der Waals surface area (Å²) >= 11 is 0. The van der Waals surface area contributed by atoms with Crippen molar-refractivity contribution in [2.24, 2.45) is 16.7 Å². The fourth-order valence-electron chi connectivity index (χ4n) is 4.70. The molecule has 1 saturated carbocycles. The lowest BCUT2D eigenvalue weighted by Gasteiger charge is -2.44. The van der Waals surface area contributed by atoms with Gasteiger partial charge in [-0.15, -0.1) is 0 Å². The van der Waals surface area contributed by atoms with Crippen LogP contribution in [0.25, 0.3) is 0 Å². The fraction of sp³-hybridized carbons (Fsp3) is 0.941. The molecule has 2 saturated heterocycles. The zero-order valence-corrected chi connectivity index (χ0v) is 13.2. The van der Waals surface area contributed by atoms with E-state index >= 15 is 0 Å². The number of likely N-dealkylation sites (tertiary alicyclic amines) is 1. The highest BCUT2D eigenvalue weighted by Gasteiger charge is 2.49. The third-order valence-corrected chi connectivity index (χ3v) is 5.95. The summed E-state index contributed by atoms with van der Waals surface area (Å²) in [5, 5.41) is 3.46. The van der Waals surface area contributed by atoms with Crippen molar-refractivity contribution >= 4 is 5.91 Å². The van der Waals surface area contributed by atoms with Crippen LogP contribution in [-0.2, 0) is 4.79 Å². The first kappa shape index (κ1) is 14.4. The molecule has 0 bridgehead atoms. The molecule has 0 radical (unpaired) electrons. The van der Waals surface area contributed by atoms with E-state index in [2.05, 4.69) is 24.1 Å². The van der Waals surface area contributed by atoms with Crippen molar-refractivity contribution in [2.75, 3.05) is 26.2 Å². The Morgan fingerprint density at radius 2 is 1.85 bits per heavy atom. The zero-order valence-electron chi connectivity index (χ0n) is 13.2. The lowest BCUT2D eigenvalue weighted by atomic mass is 9.63. The second-order valence-electron chi connectivity index (χ2n) is 7.96. The van der Waals surface area contributed by atoms with Gasteiger partial charge in [0.1, 0.15) is 0 Å². The summed E-state index contributed by atoms with van der Waals surface area (Å²) in [7, 11) is 0. The molecule has 114 valence electrons. The Morgan fingerprint density at radius 1 is 1.15 bits per heavy atom. The lowest BCUT2D eigenvalue weighted by Crippen LogP contribution is -2.49. The Morgan fingerprint density at radius 3 is 2.40 bits per heavy atom. The first-order valence-corrected chi connectivity index (χ1v) is 8.56. The number of nitrogens with one attached hydrogen (secondary N) is 1. The highest BCUT2D eigenvalue weighted by atomic mass is 16.2. The maximum Gasteiger partial charge on any atom is 0.228 e. The third kappa shape index (κ3) is 2.49. The first-order valence-electron chi connectivity index (χ1n) is 8.56. The second kappa shape index (κ2) is 5.32. The molecule has 0 aromatic heterocycles. The Labute approximate surface area is 123 Å². The highest BCUT2D eigenvalue weighted by molar-refractivity contribution is 5.84. The molecule has 3 aliphatic rings. The van der Waals surface area contributed by atoms with E-state index in [-0.39, 0.29) is 5.41 Å². The predicted molar refractivity (Wildman–Crippen MR) is 81.5 cm³/mol. The summed E-state index contributed by atoms with van der Waals surface area (Å²) < 4.78 is 0. The number of nitrogens with zero attached hydrogens (tertiary/aromatic N) is 1. The number of amides is 1. The molecule has 0 atom stereocenters. The number of hydrogen-bond donors (Lipinski definition) is 1. The van der Waals surface area contributed by atoms with E-state index in [1.807, 2.05) is 0 Å². The summed E-state index contributed by atoms with van der Waals surface area (Å²) in [6, 6.07) is 0. The monoisotopic (exact) mass is 278 g/mol. The largest absolute Gasteiger partial charge is 0.342 e. The van der Waals surface area contributed by atoms with Gasteiger partial charge in [-0.1, -0.05) is 20.3 Å². The van der Waals surface area contributed by atoms with E-state index in [1.165, 1.54) is 25.7 Å². The first-order chi connectivity index (χ1) is 9.55. The SMILES string of the molecule is CC(C)CC1(C(=O)N2CCC3(CCNCC3)C2)CCC1. The Kier molecular flexibility index (Phi) is 3.83. The fourth-order valence-corrected chi connectivity index (χ4v) is 4.70. The zero-order chi connectivity index (χ0) is 14.2. The third-order valence-electron chi connectivity index (χ3n) is 5.95. The number of rotatable bonds is 3. The van der Waals surface area contributed by atoms with Gasteiger partial charge in [-0.25, -0.2) is 0 Å². The van der Waals surface area contributed by atoms with Gasteiger partial charge in [0.25, 0.3) is 0 Å². The molecular formula is C17H30N2O. The molecule has 1 N–H and O–H groups in total. The molecule has 1 amide bonds. The summed E-state index contributed by atoms with van der Waals surface area (Å²) in [4.78, 5) is 15.3. The van der Waals surface area contributed by atoms with Crippen molar-refractivity contribution in [1.82, 2.24) is 10.2 Å². The number of hydrogen-bond acceptors (Lipinski definition) is 2. The maximum absolute atomic E-state index is 13.0. The van der Waals surface area contributed by atoms with Gasteiger partial charge in [0.15, 0.2) is 0 Å². The molecule has 3 rings (SSSR count). The molecule has 3 heteroatoms. The van der Waals surface area contributed by atoms with Crippen LogP contribution in [0.5, 0.6) is 0 Å². The average molecular weight is 278 g/mol. The minimum Gasteiger partial charge on any atom is -0.342 e. The van der Waals surface area contributed by atoms with Crippen LogP contribution in [0, 0.1) is 16.7 Å². The molecule has 20 heavy (non-hydrogen) atoms. The Balaban J connectivity index is 1.66. The van der Waals surface area contributed by atoms with E-state index in [4.69, 9.17) is 0 Å². The standard InChI is InChI=1S/C17H30N2O/c1-14(2)12-17(4-3-5-17)15(20)19-11-8-16(13-19)6-9-18-10-7-16/h14,18H,3-13H2,1-2H3. The summed E-state index contributed by atoms with van der Waals surface area (Å²) in [6.45, 7) is 8.83. The van der Waals surface area contributed by atoms with Crippen molar-refractivity contribution in [3.63, 3.8) is 0 Å². The summed E-state index contributed by atoms with van der Waals surface area (Å²) in [5.41, 5.74) is 0.469. The summed E-state index contributed by atoms with van der Waals surface area (Å²) in [6.07, 6.45) is 8.36. The molecule has 0 aromatic carbocycles. The van der Waals surface area contributed by atoms with Crippen LogP contribution in [0.1, 0.15) is 58.8 Å². The van der Waals surface area contributed by atoms with E-state index in [0.717, 1.165) is 45.4 Å². The minimum absolute atomic E-state index is 0.0204. The minimum atomic E-state index is 0.0204. The van der Waals surface area contributed by atoms with Crippen molar-refractivity contribution < 1.29 is 4.79 Å². The maximum atomic E-state index is 13.0. The molecule has 2 aliphatic heterocycles. The van der Waals surface area contributed by atoms with Crippen LogP contribution < -0.4 is 5.32 Å². The van der Waals surface area contributed by atoms with E-state index in [1.54, 1.807) is 0 Å². The smallest absolute Gasteiger partial charge is 0.228 e. The molecule has 3 fully saturated rings. The van der Waals surface area contributed by atoms with Gasteiger partial charge in [0.05, 0.1) is 0 Å². The van der Waals surface area contributed by atoms with Crippen LogP contribution in [-0.4, -0.2) is 37.0 Å². The van der Waals surface area contributed by atoms with Gasteiger partial charge in [-0.2, -0.15) is 0 Å². The second-order valence-corrected chi connectivity index (χ2v) is 7.96. The van der Waals surface area contributed by atoms with E-state index < -0.39 is 0 Å². The Hall–Kier alpha value is -0.570. The molecule has 0 unspecified atom stereocenters. The van der Waals surface area contributed by atoms with Crippen LogP contribution in [0.4, 0.5) is 0 Å². The number of piperidine rings is 1. The normalized spacial score (nSPS) is 27.9. The van der Waals surface area contributed by atoms with Gasteiger partial charge in [-0.3, -0.25) is 4.79 Å². The Bertz CT molecular complexity index is 367. The molecular weight excluding hydrogens is 248 g/mol. The van der Waals surface area contributed by atoms with Crippen molar-refractivity contribution in [2.45, 2.75) is 58.8 Å². The van der Waals surface area contributed by atoms with Gasteiger partial charge in [-0.05, 0) is 62.9 Å². The van der Waals surface area contributed by atoms with Gasteiger partial charge in [0.2, 0.25) is 5.91 Å². The lowest BCUT2D eigenvalue weighted by molar-refractivity contribution is -0.148. The van der Waals surface area contributed by atoms with Gasteiger partial charge < -0.3 is 10.2 Å². The van der Waals surface area contributed by atoms with Crippen molar-refractivity contribution in [1.29, 1.82) is 0 Å². The van der Waals surface area contributed by atoms with E-state index in [0.29, 0.717) is 17.2 Å². The van der Waals surface area contributed by atoms with Crippen LogP contribution in [0.15, 0.2) is 0 Å². The number of carbonyl (C=O) groups is 1. The molecule has 1 spiro atoms. The molecule has 2 heterocycles. The summed E-state index contributed by atoms with van der Waals surface area (Å²) in [5.74, 6) is 1.13. The van der Waals surface area contributed by atoms with Gasteiger partial charge in [0, 0.05) is 18.5 Å². The van der Waals surface area contributed by atoms with Crippen LogP contribution >= 0.6 is 0 Å². The topological polar surface area (TPSA) is 32.3 Å². The van der Waals surface area contributed by atoms with Crippen molar-refractivity contribution in [3.05, 3.63) is 0 Å². The quantitative estimate of drug-likeness (QED) is 0.861. The van der Waals surface area contributed by atoms with Crippen LogP contribution in [0.2, 0.25) is 0 Å².